The van der Waals surface area contributed by atoms with E-state index in [-0.39, 0.29) is 23.4 Å². The molecule has 0 saturated carbocycles. The summed E-state index contributed by atoms with van der Waals surface area (Å²) in [6.45, 7) is 1.46. The van der Waals surface area contributed by atoms with Crippen LogP contribution in [0.2, 0.25) is 5.02 Å². The van der Waals surface area contributed by atoms with Gasteiger partial charge in [0.15, 0.2) is 0 Å². The van der Waals surface area contributed by atoms with Crippen LogP contribution in [0.25, 0.3) is 16.7 Å². The fourth-order valence-electron chi connectivity index (χ4n) is 4.70. The van der Waals surface area contributed by atoms with E-state index in [0.29, 0.717) is 27.7 Å². The molecule has 0 N–H and O–H groups in total. The van der Waals surface area contributed by atoms with Crippen LogP contribution in [0.5, 0.6) is 0 Å². The average Bonchev–Trinajstić information content (AvgIpc) is 3.15. The second-order valence-corrected chi connectivity index (χ2v) is 9.02. The number of nitrogens with zero attached hydrogens (tertiary/aromatic N) is 2. The summed E-state index contributed by atoms with van der Waals surface area (Å²) in [5, 5.41) is 0.487. The van der Waals surface area contributed by atoms with Gasteiger partial charge in [-0.15, -0.1) is 0 Å². The molecule has 0 amide bonds. The molecule has 1 saturated heterocycles. The van der Waals surface area contributed by atoms with Crippen LogP contribution < -0.4 is 5.69 Å². The second kappa shape index (κ2) is 9.68. The minimum atomic E-state index is -0.768. The van der Waals surface area contributed by atoms with Crippen LogP contribution in [0.4, 0.5) is 4.39 Å². The van der Waals surface area contributed by atoms with Crippen molar-refractivity contribution in [3.05, 3.63) is 98.7 Å². The first kappa shape index (κ1) is 23.3. The number of fused-ring (bicyclic) bond motifs is 1. The van der Waals surface area contributed by atoms with Crippen molar-refractivity contribution in [3.63, 3.8) is 0 Å². The summed E-state index contributed by atoms with van der Waals surface area (Å²) in [5.74, 6) is -1.03. The number of carbonyl (C=O) groups excluding carboxylic acids is 1. The van der Waals surface area contributed by atoms with Gasteiger partial charge in [0, 0.05) is 23.8 Å². The third kappa shape index (κ3) is 4.37. The maximum Gasteiger partial charge on any atom is 0.340 e. The summed E-state index contributed by atoms with van der Waals surface area (Å²) in [5.41, 5.74) is 2.84. The van der Waals surface area contributed by atoms with Crippen LogP contribution in [0.1, 0.15) is 40.2 Å². The zero-order valence-electron chi connectivity index (χ0n) is 19.2. The monoisotopic (exact) mass is 494 g/mol. The van der Waals surface area contributed by atoms with E-state index in [1.807, 2.05) is 24.3 Å². The minimum Gasteiger partial charge on any atom is -0.465 e. The molecule has 8 heteroatoms. The van der Waals surface area contributed by atoms with Gasteiger partial charge in [-0.05, 0) is 60.7 Å². The first-order valence-electron chi connectivity index (χ1n) is 11.4. The molecule has 180 valence electrons. The van der Waals surface area contributed by atoms with Crippen LogP contribution in [0.15, 0.2) is 65.5 Å². The lowest BCUT2D eigenvalue weighted by Gasteiger charge is -2.22. The Morgan fingerprint density at radius 1 is 1.09 bits per heavy atom. The highest BCUT2D eigenvalue weighted by atomic mass is 35.5. The van der Waals surface area contributed by atoms with E-state index >= 15 is 4.39 Å². The Morgan fingerprint density at radius 2 is 1.83 bits per heavy atom. The molecule has 1 fully saturated rings. The number of benzene rings is 3. The van der Waals surface area contributed by atoms with E-state index in [1.165, 1.54) is 23.3 Å². The van der Waals surface area contributed by atoms with E-state index in [0.717, 1.165) is 26.1 Å². The summed E-state index contributed by atoms with van der Waals surface area (Å²) in [4.78, 5) is 25.6. The summed E-state index contributed by atoms with van der Waals surface area (Å²) in [6, 6.07) is 17.6. The topological polar surface area (TPSA) is 62.5 Å². The summed E-state index contributed by atoms with van der Waals surface area (Å²) in [6.07, 6.45) is 1.95. The average molecular weight is 495 g/mol. The van der Waals surface area contributed by atoms with Gasteiger partial charge in [0.2, 0.25) is 0 Å². The van der Waals surface area contributed by atoms with E-state index in [9.17, 15) is 9.59 Å². The molecule has 3 aromatic carbocycles. The Morgan fingerprint density at radius 3 is 2.54 bits per heavy atom. The summed E-state index contributed by atoms with van der Waals surface area (Å²) in [7, 11) is 1.20. The number of imidazole rings is 1. The number of esters is 1. The SMILES string of the molecule is COC(=O)c1cccc(Cn2c(=O)n(-c3ccc(C4CCOCC4)cc3)c3cc(Cl)ccc32)c1F. The molecule has 0 spiro atoms. The molecular formula is C27H24ClFN2O4. The van der Waals surface area contributed by atoms with Crippen LogP contribution in [-0.2, 0) is 16.0 Å². The minimum absolute atomic E-state index is 0.0548. The fourth-order valence-corrected chi connectivity index (χ4v) is 4.87. The number of halogens is 2. The number of aromatic nitrogens is 2. The number of ether oxygens (including phenoxy) is 2. The van der Waals surface area contributed by atoms with Crippen molar-refractivity contribution >= 4 is 28.6 Å². The lowest BCUT2D eigenvalue weighted by molar-refractivity contribution is 0.0595. The smallest absolute Gasteiger partial charge is 0.340 e. The highest BCUT2D eigenvalue weighted by Gasteiger charge is 2.21. The van der Waals surface area contributed by atoms with Crippen molar-refractivity contribution in [1.82, 2.24) is 9.13 Å². The van der Waals surface area contributed by atoms with E-state index in [1.54, 1.807) is 34.9 Å². The number of carbonyl (C=O) groups is 1. The Bertz CT molecular complexity index is 1450. The van der Waals surface area contributed by atoms with Crippen molar-refractivity contribution in [3.8, 4) is 5.69 Å². The van der Waals surface area contributed by atoms with Gasteiger partial charge in [-0.25, -0.2) is 14.0 Å². The Hall–Kier alpha value is -3.42. The van der Waals surface area contributed by atoms with Gasteiger partial charge in [0.25, 0.3) is 0 Å². The third-order valence-corrected chi connectivity index (χ3v) is 6.78. The Balaban J connectivity index is 1.59. The molecule has 0 bridgehead atoms. The van der Waals surface area contributed by atoms with E-state index in [4.69, 9.17) is 16.3 Å². The van der Waals surface area contributed by atoms with Gasteiger partial charge >= 0.3 is 11.7 Å². The van der Waals surface area contributed by atoms with Crippen LogP contribution in [0.3, 0.4) is 0 Å². The largest absolute Gasteiger partial charge is 0.465 e. The quantitative estimate of drug-likeness (QED) is 0.353. The number of methoxy groups -OCH3 is 1. The maximum atomic E-state index is 15.1. The lowest BCUT2D eigenvalue weighted by atomic mass is 9.92. The van der Waals surface area contributed by atoms with Crippen molar-refractivity contribution in [1.29, 1.82) is 0 Å². The zero-order chi connectivity index (χ0) is 24.5. The molecule has 1 aromatic heterocycles. The molecular weight excluding hydrogens is 471 g/mol. The van der Waals surface area contributed by atoms with Crippen LogP contribution in [-0.4, -0.2) is 35.4 Å². The van der Waals surface area contributed by atoms with E-state index < -0.39 is 11.8 Å². The molecule has 1 aliphatic heterocycles. The normalized spacial score (nSPS) is 14.4. The first-order valence-corrected chi connectivity index (χ1v) is 11.8. The van der Waals surface area contributed by atoms with E-state index in [2.05, 4.69) is 4.74 Å². The predicted molar refractivity (Wildman–Crippen MR) is 132 cm³/mol. The zero-order valence-corrected chi connectivity index (χ0v) is 19.9. The molecule has 35 heavy (non-hydrogen) atoms. The van der Waals surface area contributed by atoms with Gasteiger partial charge in [0.1, 0.15) is 5.82 Å². The number of rotatable bonds is 5. The molecule has 2 heterocycles. The summed E-state index contributed by atoms with van der Waals surface area (Å²) >= 11 is 6.28. The maximum absolute atomic E-state index is 15.1. The van der Waals surface area contributed by atoms with Gasteiger partial charge in [-0.3, -0.25) is 9.13 Å². The van der Waals surface area contributed by atoms with Crippen LogP contribution in [0, 0.1) is 5.82 Å². The van der Waals surface area contributed by atoms with Crippen molar-refractivity contribution < 1.29 is 18.7 Å². The first-order chi connectivity index (χ1) is 17.0. The van der Waals surface area contributed by atoms with Gasteiger partial charge in [0.05, 0.1) is 35.9 Å². The van der Waals surface area contributed by atoms with Gasteiger partial charge in [-0.2, -0.15) is 0 Å². The Kier molecular flexibility index (Phi) is 6.45. The highest BCUT2D eigenvalue weighted by molar-refractivity contribution is 6.31. The molecule has 0 unspecified atom stereocenters. The van der Waals surface area contributed by atoms with Gasteiger partial charge in [-0.1, -0.05) is 35.9 Å². The molecule has 5 rings (SSSR count). The lowest BCUT2D eigenvalue weighted by Crippen LogP contribution is -2.24. The van der Waals surface area contributed by atoms with Crippen molar-refractivity contribution in [2.45, 2.75) is 25.3 Å². The summed E-state index contributed by atoms with van der Waals surface area (Å²) < 4.78 is 28.3. The second-order valence-electron chi connectivity index (χ2n) is 8.59. The Labute approximate surface area is 206 Å². The van der Waals surface area contributed by atoms with Crippen molar-refractivity contribution in [2.75, 3.05) is 20.3 Å². The van der Waals surface area contributed by atoms with Gasteiger partial charge < -0.3 is 9.47 Å². The molecule has 1 aliphatic rings. The molecule has 6 nitrogen and oxygen atoms in total. The molecule has 4 aromatic rings. The fraction of sp³-hybridized carbons (Fsp3) is 0.259. The predicted octanol–water partition coefficient (Wildman–Crippen LogP) is 5.31. The highest BCUT2D eigenvalue weighted by Crippen LogP contribution is 2.29. The molecule has 0 atom stereocenters. The molecule has 0 radical (unpaired) electrons. The number of hydrogen-bond acceptors (Lipinski definition) is 4. The number of hydrogen-bond donors (Lipinski definition) is 0. The van der Waals surface area contributed by atoms with Crippen LogP contribution >= 0.6 is 11.6 Å². The molecule has 0 aliphatic carbocycles. The standard InChI is InChI=1S/C27H24ClFN2O4/c1-34-26(32)22-4-2-3-19(25(22)29)16-30-23-10-7-20(28)15-24(23)31(27(30)33)21-8-5-17(6-9-21)18-11-13-35-14-12-18/h2-10,15,18H,11-14,16H2,1H3. The third-order valence-electron chi connectivity index (χ3n) is 6.55. The van der Waals surface area contributed by atoms with Crippen molar-refractivity contribution in [2.24, 2.45) is 0 Å².